The molecule has 2 unspecified atom stereocenters. The van der Waals surface area contributed by atoms with E-state index in [9.17, 15) is 4.79 Å². The molecule has 17 heavy (non-hydrogen) atoms. The van der Waals surface area contributed by atoms with Gasteiger partial charge in [0, 0.05) is 19.1 Å². The first-order valence-electron chi connectivity index (χ1n) is 6.47. The van der Waals surface area contributed by atoms with Crippen LogP contribution in [-0.2, 0) is 4.79 Å². The van der Waals surface area contributed by atoms with E-state index in [1.807, 2.05) is 18.7 Å². The third kappa shape index (κ3) is 3.56. The van der Waals surface area contributed by atoms with Crippen molar-refractivity contribution in [1.29, 1.82) is 0 Å². The van der Waals surface area contributed by atoms with Gasteiger partial charge in [-0.3, -0.25) is 4.79 Å². The zero-order chi connectivity index (χ0) is 13.2. The standard InChI is InChI=1S/C14H26N2O/c1-10(11(2)15)13(17)16-8-6-12(7-9-16)14(3,4)5/h6,10-11H,7-9,15H2,1-5H3. The summed E-state index contributed by atoms with van der Waals surface area (Å²) in [7, 11) is 0. The Kier molecular flexibility index (Phi) is 4.36. The van der Waals surface area contributed by atoms with Gasteiger partial charge in [0.15, 0.2) is 0 Å². The van der Waals surface area contributed by atoms with Crippen LogP contribution in [0.2, 0.25) is 0 Å². The number of nitrogens with two attached hydrogens (primary N) is 1. The molecule has 1 aliphatic heterocycles. The van der Waals surface area contributed by atoms with Crippen LogP contribution in [0.1, 0.15) is 41.0 Å². The molecule has 2 atom stereocenters. The Hall–Kier alpha value is -0.830. The molecule has 1 rings (SSSR count). The molecule has 0 aromatic heterocycles. The lowest BCUT2D eigenvalue weighted by molar-refractivity contribution is -0.135. The SMILES string of the molecule is CC(N)C(C)C(=O)N1CC=C(C(C)(C)C)CC1. The number of carbonyl (C=O) groups is 1. The van der Waals surface area contributed by atoms with Gasteiger partial charge in [-0.2, -0.15) is 0 Å². The molecule has 0 saturated carbocycles. The number of hydrogen-bond donors (Lipinski definition) is 1. The molecular formula is C14H26N2O. The van der Waals surface area contributed by atoms with E-state index in [0.717, 1.165) is 19.5 Å². The van der Waals surface area contributed by atoms with Crippen LogP contribution in [0.4, 0.5) is 0 Å². The van der Waals surface area contributed by atoms with Crippen LogP contribution in [0.15, 0.2) is 11.6 Å². The smallest absolute Gasteiger partial charge is 0.227 e. The predicted octanol–water partition coefficient (Wildman–Crippen LogP) is 2.17. The minimum atomic E-state index is -0.0837. The first-order valence-corrected chi connectivity index (χ1v) is 6.47. The van der Waals surface area contributed by atoms with Gasteiger partial charge in [-0.1, -0.05) is 39.3 Å². The van der Waals surface area contributed by atoms with Crippen LogP contribution in [-0.4, -0.2) is 29.9 Å². The topological polar surface area (TPSA) is 46.3 Å². The molecule has 1 amide bonds. The quantitative estimate of drug-likeness (QED) is 0.749. The Morgan fingerprint density at radius 3 is 2.35 bits per heavy atom. The Bertz CT molecular complexity index is 313. The van der Waals surface area contributed by atoms with Crippen molar-refractivity contribution in [3.8, 4) is 0 Å². The molecule has 0 aromatic carbocycles. The highest BCUT2D eigenvalue weighted by molar-refractivity contribution is 5.79. The summed E-state index contributed by atoms with van der Waals surface area (Å²) in [6.07, 6.45) is 3.19. The van der Waals surface area contributed by atoms with Crippen molar-refractivity contribution in [2.75, 3.05) is 13.1 Å². The maximum Gasteiger partial charge on any atom is 0.227 e. The summed E-state index contributed by atoms with van der Waals surface area (Å²) in [5, 5.41) is 0. The normalized spacial score (nSPS) is 20.8. The van der Waals surface area contributed by atoms with E-state index in [0.29, 0.717) is 0 Å². The molecular weight excluding hydrogens is 212 g/mol. The van der Waals surface area contributed by atoms with Gasteiger partial charge >= 0.3 is 0 Å². The largest absolute Gasteiger partial charge is 0.338 e. The van der Waals surface area contributed by atoms with Crippen molar-refractivity contribution in [2.24, 2.45) is 17.1 Å². The third-order valence-corrected chi connectivity index (χ3v) is 3.66. The van der Waals surface area contributed by atoms with Crippen molar-refractivity contribution < 1.29 is 4.79 Å². The fraction of sp³-hybridized carbons (Fsp3) is 0.786. The molecule has 3 nitrogen and oxygen atoms in total. The molecule has 0 saturated heterocycles. The number of nitrogens with zero attached hydrogens (tertiary/aromatic N) is 1. The van der Waals surface area contributed by atoms with Gasteiger partial charge in [0.2, 0.25) is 5.91 Å². The van der Waals surface area contributed by atoms with Crippen molar-refractivity contribution in [1.82, 2.24) is 4.90 Å². The van der Waals surface area contributed by atoms with E-state index < -0.39 is 0 Å². The minimum Gasteiger partial charge on any atom is -0.338 e. The van der Waals surface area contributed by atoms with Crippen LogP contribution in [0.3, 0.4) is 0 Å². The summed E-state index contributed by atoms with van der Waals surface area (Å²) in [5.74, 6) is 0.101. The monoisotopic (exact) mass is 238 g/mol. The number of rotatable bonds is 2. The molecule has 0 aliphatic carbocycles. The van der Waals surface area contributed by atoms with Gasteiger partial charge < -0.3 is 10.6 Å². The first kappa shape index (κ1) is 14.2. The Labute approximate surface area is 105 Å². The summed E-state index contributed by atoms with van der Waals surface area (Å²) in [5.41, 5.74) is 7.45. The second-order valence-electron chi connectivity index (χ2n) is 6.16. The van der Waals surface area contributed by atoms with Gasteiger partial charge in [0.25, 0.3) is 0 Å². The lowest BCUT2D eigenvalue weighted by Crippen LogP contribution is -2.44. The molecule has 3 heteroatoms. The highest BCUT2D eigenvalue weighted by Crippen LogP contribution is 2.30. The Morgan fingerprint density at radius 1 is 1.41 bits per heavy atom. The van der Waals surface area contributed by atoms with Crippen LogP contribution in [0, 0.1) is 11.3 Å². The number of hydrogen-bond acceptors (Lipinski definition) is 2. The second kappa shape index (κ2) is 5.21. The molecule has 0 fully saturated rings. The van der Waals surface area contributed by atoms with Crippen molar-refractivity contribution in [2.45, 2.75) is 47.1 Å². The molecule has 0 aromatic rings. The summed E-state index contributed by atoms with van der Waals surface area (Å²) < 4.78 is 0. The van der Waals surface area contributed by atoms with E-state index in [1.165, 1.54) is 5.57 Å². The summed E-state index contributed by atoms with van der Waals surface area (Å²) in [6, 6.07) is -0.0736. The maximum absolute atomic E-state index is 12.1. The average molecular weight is 238 g/mol. The molecule has 2 N–H and O–H groups in total. The van der Waals surface area contributed by atoms with Crippen LogP contribution in [0.25, 0.3) is 0 Å². The number of amides is 1. The molecule has 0 spiro atoms. The number of carbonyl (C=O) groups excluding carboxylic acids is 1. The molecule has 0 radical (unpaired) electrons. The lowest BCUT2D eigenvalue weighted by atomic mass is 9.83. The van der Waals surface area contributed by atoms with Crippen LogP contribution >= 0.6 is 0 Å². The van der Waals surface area contributed by atoms with Gasteiger partial charge in [0.05, 0.1) is 5.92 Å². The van der Waals surface area contributed by atoms with Crippen molar-refractivity contribution >= 4 is 5.91 Å². The Morgan fingerprint density at radius 2 is 2.00 bits per heavy atom. The molecule has 1 aliphatic rings. The zero-order valence-electron chi connectivity index (χ0n) is 11.8. The second-order valence-corrected chi connectivity index (χ2v) is 6.16. The Balaban J connectivity index is 2.64. The van der Waals surface area contributed by atoms with Crippen LogP contribution < -0.4 is 5.73 Å². The lowest BCUT2D eigenvalue weighted by Gasteiger charge is -2.34. The van der Waals surface area contributed by atoms with Gasteiger partial charge in [0.1, 0.15) is 0 Å². The predicted molar refractivity (Wildman–Crippen MR) is 71.5 cm³/mol. The van der Waals surface area contributed by atoms with Gasteiger partial charge in [-0.05, 0) is 18.8 Å². The maximum atomic E-state index is 12.1. The molecule has 0 bridgehead atoms. The van der Waals surface area contributed by atoms with Crippen molar-refractivity contribution in [3.63, 3.8) is 0 Å². The summed E-state index contributed by atoms with van der Waals surface area (Å²) in [4.78, 5) is 14.0. The summed E-state index contributed by atoms with van der Waals surface area (Å²) >= 11 is 0. The van der Waals surface area contributed by atoms with E-state index in [4.69, 9.17) is 5.73 Å². The van der Waals surface area contributed by atoms with E-state index in [-0.39, 0.29) is 23.3 Å². The van der Waals surface area contributed by atoms with Gasteiger partial charge in [-0.15, -0.1) is 0 Å². The highest BCUT2D eigenvalue weighted by atomic mass is 16.2. The summed E-state index contributed by atoms with van der Waals surface area (Å²) in [6.45, 7) is 12.0. The fourth-order valence-corrected chi connectivity index (χ4v) is 2.06. The van der Waals surface area contributed by atoms with E-state index in [2.05, 4.69) is 26.8 Å². The van der Waals surface area contributed by atoms with E-state index in [1.54, 1.807) is 0 Å². The average Bonchev–Trinajstić information content (AvgIpc) is 2.26. The molecule has 1 heterocycles. The third-order valence-electron chi connectivity index (χ3n) is 3.66. The zero-order valence-corrected chi connectivity index (χ0v) is 11.8. The first-order chi connectivity index (χ1) is 7.73. The van der Waals surface area contributed by atoms with Gasteiger partial charge in [-0.25, -0.2) is 0 Å². The highest BCUT2D eigenvalue weighted by Gasteiger charge is 2.27. The van der Waals surface area contributed by atoms with E-state index >= 15 is 0 Å². The van der Waals surface area contributed by atoms with Crippen molar-refractivity contribution in [3.05, 3.63) is 11.6 Å². The molecule has 98 valence electrons. The van der Waals surface area contributed by atoms with Crippen LogP contribution in [0.5, 0.6) is 0 Å². The fourth-order valence-electron chi connectivity index (χ4n) is 2.06. The minimum absolute atomic E-state index is 0.0736.